The summed E-state index contributed by atoms with van der Waals surface area (Å²) in [5, 5.41) is 0.803. The Hall–Kier alpha value is -2.39. The van der Waals surface area contributed by atoms with Crippen LogP contribution in [0.4, 0.5) is 0 Å². The summed E-state index contributed by atoms with van der Waals surface area (Å²) in [6.07, 6.45) is 0. The van der Waals surface area contributed by atoms with Gasteiger partial charge < -0.3 is 4.42 Å². The summed E-state index contributed by atoms with van der Waals surface area (Å²) in [4.78, 5) is 24.0. The minimum absolute atomic E-state index is 0.0532. The molecule has 1 aromatic heterocycles. The number of fused-ring (bicyclic) bond motifs is 1. The highest BCUT2D eigenvalue weighted by Crippen LogP contribution is 2.23. The highest BCUT2D eigenvalue weighted by Gasteiger charge is 2.08. The van der Waals surface area contributed by atoms with Gasteiger partial charge in [0.1, 0.15) is 5.76 Å². The number of hydrogen-bond donors (Lipinski definition) is 0. The molecule has 0 aliphatic carbocycles. The lowest BCUT2D eigenvalue weighted by molar-refractivity contribution is 0.616. The van der Waals surface area contributed by atoms with E-state index < -0.39 is 0 Å². The Morgan fingerprint density at radius 2 is 1.65 bits per heavy atom. The molecule has 0 bridgehead atoms. The molecule has 0 aliphatic heterocycles. The average Bonchev–Trinajstić information content (AvgIpc) is 2.62. The maximum Gasteiger partial charge on any atom is 0.221 e. The fraction of sp³-hybridized carbons (Fsp3) is 0. The molecule has 0 aliphatic rings. The fourth-order valence-electron chi connectivity index (χ4n) is 2.00. The predicted octanol–water partition coefficient (Wildman–Crippen LogP) is 3.47. The molecular formula is C16H9ClO3. The first-order valence-electron chi connectivity index (χ1n) is 5.98. The lowest BCUT2D eigenvalue weighted by Crippen LogP contribution is -2.04. The largest absolute Gasteiger partial charge is 0.452 e. The van der Waals surface area contributed by atoms with Crippen molar-refractivity contribution in [1.82, 2.24) is 0 Å². The molecule has 3 rings (SSSR count). The van der Waals surface area contributed by atoms with E-state index in [4.69, 9.17) is 16.0 Å². The van der Waals surface area contributed by atoms with Gasteiger partial charge in [0.05, 0.1) is 5.39 Å². The summed E-state index contributed by atoms with van der Waals surface area (Å²) in [5.74, 6) is 0.327. The molecule has 0 fully saturated rings. The molecule has 4 heteroatoms. The molecule has 0 saturated heterocycles. The van der Waals surface area contributed by atoms with Crippen LogP contribution in [0.25, 0.3) is 22.3 Å². The Morgan fingerprint density at radius 1 is 0.850 bits per heavy atom. The van der Waals surface area contributed by atoms with Crippen molar-refractivity contribution in [2.75, 3.05) is 0 Å². The number of halogens is 1. The van der Waals surface area contributed by atoms with Crippen LogP contribution in [0.2, 0.25) is 5.02 Å². The normalized spacial score (nSPS) is 10.7. The summed E-state index contributed by atoms with van der Waals surface area (Å²) < 4.78 is 5.60. The maximum atomic E-state index is 12.1. The van der Waals surface area contributed by atoms with E-state index in [0.29, 0.717) is 16.3 Å². The van der Waals surface area contributed by atoms with Gasteiger partial charge in [0.25, 0.3) is 0 Å². The van der Waals surface area contributed by atoms with Gasteiger partial charge in [0, 0.05) is 16.7 Å². The van der Waals surface area contributed by atoms with Crippen LogP contribution in [0.3, 0.4) is 0 Å². The van der Waals surface area contributed by atoms with Crippen LogP contribution in [0, 0.1) is 0 Å². The van der Waals surface area contributed by atoms with Gasteiger partial charge in [0.2, 0.25) is 5.43 Å². The fourth-order valence-corrected chi connectivity index (χ4v) is 2.19. The zero-order valence-electron chi connectivity index (χ0n) is 10.3. The van der Waals surface area contributed by atoms with Gasteiger partial charge in [-0.25, -0.2) is 0 Å². The second-order valence-corrected chi connectivity index (χ2v) is 4.75. The Bertz CT molecular complexity index is 913. The van der Waals surface area contributed by atoms with Gasteiger partial charge in [-0.2, -0.15) is 0 Å². The Morgan fingerprint density at radius 3 is 2.45 bits per heavy atom. The Balaban J connectivity index is 2.39. The number of benzene rings is 1. The van der Waals surface area contributed by atoms with Crippen LogP contribution < -0.4 is 10.9 Å². The molecular weight excluding hydrogens is 276 g/mol. The van der Waals surface area contributed by atoms with Crippen molar-refractivity contribution in [3.05, 3.63) is 80.1 Å². The van der Waals surface area contributed by atoms with Gasteiger partial charge in [-0.05, 0) is 24.3 Å². The number of hydrogen-bond acceptors (Lipinski definition) is 3. The number of rotatable bonds is 1. The molecule has 1 heterocycles. The molecule has 0 spiro atoms. The molecule has 0 atom stereocenters. The molecule has 0 amide bonds. The van der Waals surface area contributed by atoms with E-state index in [9.17, 15) is 9.59 Å². The standard InChI is InChI=1S/C16H9ClO3/c17-11-5-3-4-10(8-11)15-9-14(19)12-6-1-2-7-13(18)16(12)20-15/h1-9H. The Kier molecular flexibility index (Phi) is 3.12. The van der Waals surface area contributed by atoms with Gasteiger partial charge in [-0.3, -0.25) is 9.59 Å². The topological polar surface area (TPSA) is 47.3 Å². The van der Waals surface area contributed by atoms with Crippen LogP contribution in [0.1, 0.15) is 0 Å². The highest BCUT2D eigenvalue weighted by molar-refractivity contribution is 6.30. The first-order chi connectivity index (χ1) is 9.65. The van der Waals surface area contributed by atoms with Crippen molar-refractivity contribution in [2.24, 2.45) is 0 Å². The van der Waals surface area contributed by atoms with Crippen molar-refractivity contribution in [3.63, 3.8) is 0 Å². The van der Waals surface area contributed by atoms with Crippen molar-refractivity contribution < 1.29 is 4.42 Å². The molecule has 0 radical (unpaired) electrons. The van der Waals surface area contributed by atoms with Crippen LogP contribution >= 0.6 is 11.6 Å². The van der Waals surface area contributed by atoms with E-state index in [-0.39, 0.29) is 21.8 Å². The van der Waals surface area contributed by atoms with Crippen LogP contribution in [-0.4, -0.2) is 0 Å². The van der Waals surface area contributed by atoms with Gasteiger partial charge in [-0.1, -0.05) is 35.9 Å². The average molecular weight is 285 g/mol. The minimum Gasteiger partial charge on any atom is -0.452 e. The second-order valence-electron chi connectivity index (χ2n) is 4.31. The second kappa shape index (κ2) is 4.94. The van der Waals surface area contributed by atoms with Crippen molar-refractivity contribution in [1.29, 1.82) is 0 Å². The molecule has 3 nitrogen and oxygen atoms in total. The van der Waals surface area contributed by atoms with Gasteiger partial charge >= 0.3 is 0 Å². The summed E-state index contributed by atoms with van der Waals surface area (Å²) in [5.41, 5.74) is 0.125. The summed E-state index contributed by atoms with van der Waals surface area (Å²) in [6.45, 7) is 0. The summed E-state index contributed by atoms with van der Waals surface area (Å²) >= 11 is 5.92. The van der Waals surface area contributed by atoms with Crippen molar-refractivity contribution >= 4 is 22.6 Å². The highest BCUT2D eigenvalue weighted by atomic mass is 35.5. The van der Waals surface area contributed by atoms with E-state index >= 15 is 0 Å². The third-order valence-electron chi connectivity index (χ3n) is 2.94. The van der Waals surface area contributed by atoms with E-state index in [2.05, 4.69) is 0 Å². The Labute approximate surface area is 119 Å². The van der Waals surface area contributed by atoms with E-state index in [0.717, 1.165) is 0 Å². The van der Waals surface area contributed by atoms with E-state index in [1.807, 2.05) is 0 Å². The van der Waals surface area contributed by atoms with E-state index in [1.165, 1.54) is 12.1 Å². The summed E-state index contributed by atoms with van der Waals surface area (Å²) in [6, 6.07) is 14.5. The molecule has 3 aromatic rings. The first kappa shape index (κ1) is 12.6. The van der Waals surface area contributed by atoms with Crippen LogP contribution in [0.15, 0.2) is 68.6 Å². The SMILES string of the molecule is O=c1cc(-c2cccc(Cl)c2)oc2c(=O)ccccc12. The minimum atomic E-state index is -0.328. The van der Waals surface area contributed by atoms with Crippen LogP contribution in [-0.2, 0) is 0 Å². The molecule has 0 N–H and O–H groups in total. The summed E-state index contributed by atoms with van der Waals surface area (Å²) in [7, 11) is 0. The van der Waals surface area contributed by atoms with Crippen molar-refractivity contribution in [3.8, 4) is 11.3 Å². The lowest BCUT2D eigenvalue weighted by Gasteiger charge is -2.01. The molecule has 20 heavy (non-hydrogen) atoms. The maximum absolute atomic E-state index is 12.1. The zero-order chi connectivity index (χ0) is 14.1. The van der Waals surface area contributed by atoms with Gasteiger partial charge in [-0.15, -0.1) is 0 Å². The van der Waals surface area contributed by atoms with Crippen molar-refractivity contribution in [2.45, 2.75) is 0 Å². The zero-order valence-corrected chi connectivity index (χ0v) is 11.1. The van der Waals surface area contributed by atoms with E-state index in [1.54, 1.807) is 42.5 Å². The first-order valence-corrected chi connectivity index (χ1v) is 6.36. The molecule has 0 saturated carbocycles. The van der Waals surface area contributed by atoms with Gasteiger partial charge in [0.15, 0.2) is 11.0 Å². The predicted molar refractivity (Wildman–Crippen MR) is 79.2 cm³/mol. The van der Waals surface area contributed by atoms with Crippen LogP contribution in [0.5, 0.6) is 0 Å². The monoisotopic (exact) mass is 284 g/mol. The molecule has 98 valence electrons. The molecule has 0 unspecified atom stereocenters. The molecule has 2 aromatic carbocycles. The third kappa shape index (κ3) is 2.24. The quantitative estimate of drug-likeness (QED) is 0.687. The third-order valence-corrected chi connectivity index (χ3v) is 3.17. The smallest absolute Gasteiger partial charge is 0.221 e. The lowest BCUT2D eigenvalue weighted by atomic mass is 10.1.